The van der Waals surface area contributed by atoms with Crippen molar-refractivity contribution >= 4 is 5.91 Å². The lowest BCUT2D eigenvalue weighted by Gasteiger charge is -2.08. The van der Waals surface area contributed by atoms with Crippen LogP contribution in [0.2, 0.25) is 0 Å². The summed E-state index contributed by atoms with van der Waals surface area (Å²) in [7, 11) is 0. The van der Waals surface area contributed by atoms with Crippen molar-refractivity contribution in [3.63, 3.8) is 0 Å². The van der Waals surface area contributed by atoms with E-state index in [1.807, 2.05) is 0 Å². The summed E-state index contributed by atoms with van der Waals surface area (Å²) in [5.74, 6) is -1.09. The van der Waals surface area contributed by atoms with Gasteiger partial charge in [0.15, 0.2) is 0 Å². The monoisotopic (exact) mass is 230 g/mol. The molecule has 3 nitrogen and oxygen atoms in total. The van der Waals surface area contributed by atoms with Crippen LogP contribution < -0.4 is 5.73 Å². The maximum absolute atomic E-state index is 14.1. The van der Waals surface area contributed by atoms with Crippen molar-refractivity contribution in [2.24, 2.45) is 5.73 Å². The van der Waals surface area contributed by atoms with Crippen LogP contribution in [0.15, 0.2) is 36.5 Å². The summed E-state index contributed by atoms with van der Waals surface area (Å²) >= 11 is 0. The Balaban J connectivity index is 2.60. The fraction of sp³-hybridized carbons (Fsp3) is 0.0769. The Morgan fingerprint density at radius 3 is 2.65 bits per heavy atom. The molecular weight excluding hydrogens is 219 g/mol. The van der Waals surface area contributed by atoms with E-state index in [1.54, 1.807) is 24.4 Å². The fourth-order valence-corrected chi connectivity index (χ4v) is 1.67. The van der Waals surface area contributed by atoms with Gasteiger partial charge in [-0.2, -0.15) is 0 Å². The molecule has 17 heavy (non-hydrogen) atoms. The predicted molar refractivity (Wildman–Crippen MR) is 62.9 cm³/mol. The first-order valence-corrected chi connectivity index (χ1v) is 5.11. The summed E-state index contributed by atoms with van der Waals surface area (Å²) < 4.78 is 14.1. The minimum Gasteiger partial charge on any atom is -0.366 e. The van der Waals surface area contributed by atoms with Crippen molar-refractivity contribution in [2.75, 3.05) is 0 Å². The zero-order valence-electron chi connectivity index (χ0n) is 9.27. The quantitative estimate of drug-likeness (QED) is 0.860. The van der Waals surface area contributed by atoms with Crippen molar-refractivity contribution in [1.82, 2.24) is 4.98 Å². The minimum absolute atomic E-state index is 0.196. The number of carbonyl (C=O) groups excluding carboxylic acids is 1. The third kappa shape index (κ3) is 2.01. The highest BCUT2D eigenvalue weighted by molar-refractivity contribution is 5.95. The summed E-state index contributed by atoms with van der Waals surface area (Å²) in [4.78, 5) is 15.1. The molecule has 0 saturated heterocycles. The van der Waals surface area contributed by atoms with Gasteiger partial charge in [0.25, 0.3) is 0 Å². The molecule has 1 amide bonds. The van der Waals surface area contributed by atoms with E-state index in [4.69, 9.17) is 5.73 Å². The lowest BCUT2D eigenvalue weighted by Crippen LogP contribution is -2.13. The van der Waals surface area contributed by atoms with Crippen LogP contribution in [0.4, 0.5) is 4.39 Å². The second-order valence-electron chi connectivity index (χ2n) is 3.68. The zero-order chi connectivity index (χ0) is 12.4. The van der Waals surface area contributed by atoms with E-state index in [9.17, 15) is 9.18 Å². The number of halogens is 1. The molecule has 86 valence electrons. The second kappa shape index (κ2) is 4.33. The highest BCUT2D eigenvalue weighted by atomic mass is 19.1. The van der Waals surface area contributed by atoms with E-state index in [2.05, 4.69) is 4.98 Å². The van der Waals surface area contributed by atoms with Crippen LogP contribution in [0.1, 0.15) is 15.9 Å². The SMILES string of the molecule is Cc1c(C(N)=O)ccc(-c2ccccn2)c1F. The largest absolute Gasteiger partial charge is 0.366 e. The molecular formula is C13H11FN2O. The summed E-state index contributed by atoms with van der Waals surface area (Å²) in [5, 5.41) is 0. The average Bonchev–Trinajstić information content (AvgIpc) is 2.33. The fourth-order valence-electron chi connectivity index (χ4n) is 1.67. The predicted octanol–water partition coefficient (Wildman–Crippen LogP) is 2.30. The molecule has 0 aliphatic carbocycles. The van der Waals surface area contributed by atoms with Gasteiger partial charge >= 0.3 is 0 Å². The van der Waals surface area contributed by atoms with Crippen LogP contribution in [-0.4, -0.2) is 10.9 Å². The normalized spacial score (nSPS) is 10.2. The van der Waals surface area contributed by atoms with Gasteiger partial charge in [-0.05, 0) is 36.8 Å². The highest BCUT2D eigenvalue weighted by Crippen LogP contribution is 2.24. The van der Waals surface area contributed by atoms with Crippen LogP contribution in [-0.2, 0) is 0 Å². The van der Waals surface area contributed by atoms with Crippen molar-refractivity contribution < 1.29 is 9.18 Å². The molecule has 0 saturated carbocycles. The zero-order valence-corrected chi connectivity index (χ0v) is 9.27. The van der Waals surface area contributed by atoms with Crippen molar-refractivity contribution in [2.45, 2.75) is 6.92 Å². The molecule has 0 bridgehead atoms. The van der Waals surface area contributed by atoms with Crippen molar-refractivity contribution in [1.29, 1.82) is 0 Å². The van der Waals surface area contributed by atoms with Gasteiger partial charge in [0.05, 0.1) is 5.69 Å². The topological polar surface area (TPSA) is 56.0 Å². The van der Waals surface area contributed by atoms with Gasteiger partial charge in [-0.25, -0.2) is 4.39 Å². The average molecular weight is 230 g/mol. The Hall–Kier alpha value is -2.23. The standard InChI is InChI=1S/C13H11FN2O/c1-8-9(13(15)17)5-6-10(12(8)14)11-4-2-3-7-16-11/h2-7H,1H3,(H2,15,17). The number of benzene rings is 1. The van der Waals surface area contributed by atoms with Crippen molar-refractivity contribution in [3.05, 3.63) is 53.5 Å². The minimum atomic E-state index is -0.631. The smallest absolute Gasteiger partial charge is 0.249 e. The van der Waals surface area contributed by atoms with E-state index in [0.717, 1.165) is 0 Å². The number of carbonyl (C=O) groups is 1. The van der Waals surface area contributed by atoms with Crippen LogP contribution in [0.3, 0.4) is 0 Å². The Kier molecular flexibility index (Phi) is 2.87. The van der Waals surface area contributed by atoms with E-state index in [0.29, 0.717) is 11.3 Å². The maximum Gasteiger partial charge on any atom is 0.249 e. The number of pyridine rings is 1. The Bertz CT molecular complexity index is 567. The molecule has 0 spiro atoms. The molecule has 0 radical (unpaired) electrons. The van der Waals surface area contributed by atoms with Crippen LogP contribution >= 0.6 is 0 Å². The summed E-state index contributed by atoms with van der Waals surface area (Å²) in [6.07, 6.45) is 1.59. The van der Waals surface area contributed by atoms with Gasteiger partial charge in [-0.15, -0.1) is 0 Å². The molecule has 1 aromatic heterocycles. The molecule has 0 unspecified atom stereocenters. The number of primary amides is 1. The number of nitrogens with two attached hydrogens (primary N) is 1. The maximum atomic E-state index is 14.1. The van der Waals surface area contributed by atoms with Gasteiger partial charge < -0.3 is 5.73 Å². The Labute approximate surface area is 98.1 Å². The summed E-state index contributed by atoms with van der Waals surface area (Å²) in [5.41, 5.74) is 6.50. The molecule has 0 atom stereocenters. The van der Waals surface area contributed by atoms with Gasteiger partial charge in [0.1, 0.15) is 5.82 Å². The third-order valence-corrected chi connectivity index (χ3v) is 2.59. The lowest BCUT2D eigenvalue weighted by atomic mass is 10.0. The first-order chi connectivity index (χ1) is 8.11. The first kappa shape index (κ1) is 11.3. The molecule has 1 heterocycles. The Morgan fingerprint density at radius 2 is 2.06 bits per heavy atom. The van der Waals surface area contributed by atoms with E-state index >= 15 is 0 Å². The summed E-state index contributed by atoms with van der Waals surface area (Å²) in [6.45, 7) is 1.53. The summed E-state index contributed by atoms with van der Waals surface area (Å²) in [6, 6.07) is 8.28. The number of nitrogens with zero attached hydrogens (tertiary/aromatic N) is 1. The third-order valence-electron chi connectivity index (χ3n) is 2.59. The highest BCUT2D eigenvalue weighted by Gasteiger charge is 2.14. The molecule has 0 fully saturated rings. The van der Waals surface area contributed by atoms with E-state index in [1.165, 1.54) is 19.1 Å². The van der Waals surface area contributed by atoms with Gasteiger partial charge in [-0.1, -0.05) is 6.07 Å². The molecule has 2 N–H and O–H groups in total. The molecule has 0 aliphatic heterocycles. The van der Waals surface area contributed by atoms with Gasteiger partial charge in [0, 0.05) is 17.3 Å². The number of hydrogen-bond donors (Lipinski definition) is 1. The molecule has 2 aromatic rings. The number of amides is 1. The molecule has 4 heteroatoms. The number of hydrogen-bond acceptors (Lipinski definition) is 2. The Morgan fingerprint density at radius 1 is 1.29 bits per heavy atom. The van der Waals surface area contributed by atoms with E-state index in [-0.39, 0.29) is 11.1 Å². The molecule has 2 rings (SSSR count). The van der Waals surface area contributed by atoms with Crippen LogP contribution in [0.5, 0.6) is 0 Å². The molecule has 1 aromatic carbocycles. The first-order valence-electron chi connectivity index (χ1n) is 5.11. The molecule has 0 aliphatic rings. The number of aromatic nitrogens is 1. The van der Waals surface area contributed by atoms with Gasteiger partial charge in [0.2, 0.25) is 5.91 Å². The van der Waals surface area contributed by atoms with Gasteiger partial charge in [-0.3, -0.25) is 9.78 Å². The van der Waals surface area contributed by atoms with Crippen LogP contribution in [0.25, 0.3) is 11.3 Å². The van der Waals surface area contributed by atoms with E-state index < -0.39 is 11.7 Å². The number of rotatable bonds is 2. The van der Waals surface area contributed by atoms with Crippen molar-refractivity contribution in [3.8, 4) is 11.3 Å². The lowest BCUT2D eigenvalue weighted by molar-refractivity contribution is 0.0999. The van der Waals surface area contributed by atoms with Crippen LogP contribution in [0, 0.1) is 12.7 Å². The second-order valence-corrected chi connectivity index (χ2v) is 3.68.